The van der Waals surface area contributed by atoms with Gasteiger partial charge < -0.3 is 5.32 Å². The Morgan fingerprint density at radius 2 is 2.37 bits per heavy atom. The Kier molecular flexibility index (Phi) is 4.60. The molecule has 1 unspecified atom stereocenters. The molecule has 2 rings (SSSR count). The van der Waals surface area contributed by atoms with E-state index in [1.807, 2.05) is 0 Å². The van der Waals surface area contributed by atoms with Crippen molar-refractivity contribution in [3.63, 3.8) is 0 Å². The first-order valence-electron chi connectivity index (χ1n) is 7.00. The monoisotopic (exact) mass is 276 g/mol. The number of hydrogen-bond donors (Lipinski definition) is 1. The fourth-order valence-electron chi connectivity index (χ4n) is 2.48. The Morgan fingerprint density at radius 1 is 1.58 bits per heavy atom. The molecule has 0 radical (unpaired) electrons. The third-order valence-corrected chi connectivity index (χ3v) is 4.80. The van der Waals surface area contributed by atoms with Crippen LogP contribution in [0.4, 0.5) is 5.00 Å². The molecule has 0 saturated heterocycles. The Labute approximate surface area is 118 Å². The van der Waals surface area contributed by atoms with Crippen molar-refractivity contribution in [3.05, 3.63) is 16.0 Å². The first kappa shape index (κ1) is 14.1. The van der Waals surface area contributed by atoms with Crippen LogP contribution in [-0.4, -0.2) is 5.91 Å². The number of rotatable bonds is 4. The number of anilines is 1. The van der Waals surface area contributed by atoms with E-state index in [1.165, 1.54) is 10.4 Å². The minimum Gasteiger partial charge on any atom is -0.317 e. The van der Waals surface area contributed by atoms with E-state index in [2.05, 4.69) is 25.2 Å². The molecule has 4 heteroatoms. The fourth-order valence-corrected chi connectivity index (χ4v) is 3.86. The van der Waals surface area contributed by atoms with Gasteiger partial charge in [-0.05, 0) is 37.2 Å². The molecule has 0 aromatic carbocycles. The lowest BCUT2D eigenvalue weighted by Gasteiger charge is -2.17. The zero-order valence-corrected chi connectivity index (χ0v) is 12.4. The molecule has 0 saturated carbocycles. The summed E-state index contributed by atoms with van der Waals surface area (Å²) in [5, 5.41) is 13.0. The molecular formula is C15H20N2OS. The molecule has 1 aliphatic carbocycles. The van der Waals surface area contributed by atoms with E-state index in [-0.39, 0.29) is 5.91 Å². The van der Waals surface area contributed by atoms with Crippen LogP contribution in [0.15, 0.2) is 0 Å². The summed E-state index contributed by atoms with van der Waals surface area (Å²) in [7, 11) is 0. The van der Waals surface area contributed by atoms with Crippen molar-refractivity contribution in [3.8, 4) is 6.07 Å². The van der Waals surface area contributed by atoms with E-state index in [1.54, 1.807) is 11.3 Å². The molecule has 0 fully saturated rings. The Bertz CT molecular complexity index is 513. The number of nitrogens with zero attached hydrogens (tertiary/aromatic N) is 1. The second-order valence-corrected chi connectivity index (χ2v) is 6.42. The maximum absolute atomic E-state index is 11.8. The lowest BCUT2D eigenvalue weighted by Crippen LogP contribution is -2.11. The summed E-state index contributed by atoms with van der Waals surface area (Å²) in [6, 6.07) is 2.28. The minimum atomic E-state index is 0.0324. The van der Waals surface area contributed by atoms with E-state index in [4.69, 9.17) is 0 Å². The molecule has 1 atom stereocenters. The van der Waals surface area contributed by atoms with Gasteiger partial charge in [0.1, 0.15) is 11.1 Å². The van der Waals surface area contributed by atoms with Crippen molar-refractivity contribution in [2.75, 3.05) is 5.32 Å². The highest BCUT2D eigenvalue weighted by atomic mass is 32.1. The number of nitrogens with one attached hydrogen (secondary N) is 1. The van der Waals surface area contributed by atoms with Gasteiger partial charge in [0.15, 0.2) is 0 Å². The third-order valence-electron chi connectivity index (χ3n) is 3.63. The van der Waals surface area contributed by atoms with Crippen LogP contribution in [0.5, 0.6) is 0 Å². The summed E-state index contributed by atoms with van der Waals surface area (Å²) in [4.78, 5) is 13.1. The van der Waals surface area contributed by atoms with Crippen LogP contribution in [0, 0.1) is 17.2 Å². The zero-order valence-electron chi connectivity index (χ0n) is 11.6. The highest BCUT2D eigenvalue weighted by Gasteiger charge is 2.24. The molecular weight excluding hydrogens is 256 g/mol. The number of fused-ring (bicyclic) bond motifs is 1. The predicted molar refractivity (Wildman–Crippen MR) is 78.4 cm³/mol. The maximum Gasteiger partial charge on any atom is 0.225 e. The Hall–Kier alpha value is -1.34. The highest BCUT2D eigenvalue weighted by Crippen LogP contribution is 2.39. The van der Waals surface area contributed by atoms with Gasteiger partial charge in [0.2, 0.25) is 5.91 Å². The van der Waals surface area contributed by atoms with Gasteiger partial charge >= 0.3 is 0 Å². The van der Waals surface area contributed by atoms with E-state index >= 15 is 0 Å². The normalized spacial score (nSPS) is 17.6. The SMILES string of the molecule is CCCCC(=O)Nc1sc2c(c1C#N)CCC(C)C2. The number of hydrogen-bond acceptors (Lipinski definition) is 3. The van der Waals surface area contributed by atoms with Crippen molar-refractivity contribution in [2.24, 2.45) is 5.92 Å². The van der Waals surface area contributed by atoms with Gasteiger partial charge in [0.25, 0.3) is 0 Å². The van der Waals surface area contributed by atoms with Crippen LogP contribution in [0.2, 0.25) is 0 Å². The quantitative estimate of drug-likeness (QED) is 0.907. The van der Waals surface area contributed by atoms with E-state index in [9.17, 15) is 10.1 Å². The summed E-state index contributed by atoms with van der Waals surface area (Å²) in [6.07, 6.45) is 5.61. The van der Waals surface area contributed by atoms with Gasteiger partial charge in [0.05, 0.1) is 5.56 Å². The zero-order chi connectivity index (χ0) is 13.8. The van der Waals surface area contributed by atoms with Crippen molar-refractivity contribution < 1.29 is 4.79 Å². The van der Waals surface area contributed by atoms with Crippen LogP contribution >= 0.6 is 11.3 Å². The maximum atomic E-state index is 11.8. The van der Waals surface area contributed by atoms with E-state index in [0.29, 0.717) is 17.9 Å². The van der Waals surface area contributed by atoms with Crippen LogP contribution < -0.4 is 5.32 Å². The fraction of sp³-hybridized carbons (Fsp3) is 0.600. The van der Waals surface area contributed by atoms with Gasteiger partial charge in [-0.3, -0.25) is 4.79 Å². The molecule has 0 aliphatic heterocycles. The number of carbonyl (C=O) groups is 1. The molecule has 0 bridgehead atoms. The van der Waals surface area contributed by atoms with Gasteiger partial charge in [-0.15, -0.1) is 11.3 Å². The molecule has 0 spiro atoms. The van der Waals surface area contributed by atoms with Gasteiger partial charge in [-0.25, -0.2) is 0 Å². The summed E-state index contributed by atoms with van der Waals surface area (Å²) in [6.45, 7) is 4.31. The number of unbranched alkanes of at least 4 members (excludes halogenated alkanes) is 1. The molecule has 102 valence electrons. The number of carbonyl (C=O) groups excluding carboxylic acids is 1. The number of nitriles is 1. The van der Waals surface area contributed by atoms with Crippen LogP contribution in [0.25, 0.3) is 0 Å². The molecule has 3 nitrogen and oxygen atoms in total. The largest absolute Gasteiger partial charge is 0.317 e. The topological polar surface area (TPSA) is 52.9 Å². The molecule has 1 N–H and O–H groups in total. The summed E-state index contributed by atoms with van der Waals surface area (Å²) in [5.41, 5.74) is 1.88. The van der Waals surface area contributed by atoms with Gasteiger partial charge in [-0.1, -0.05) is 20.3 Å². The lowest BCUT2D eigenvalue weighted by atomic mass is 9.88. The summed E-state index contributed by atoms with van der Waals surface area (Å²) >= 11 is 1.60. The number of amides is 1. The second-order valence-electron chi connectivity index (χ2n) is 5.32. The van der Waals surface area contributed by atoms with Crippen molar-refractivity contribution in [1.82, 2.24) is 0 Å². The standard InChI is InChI=1S/C15H20N2OS/c1-3-4-5-14(18)17-15-12(9-16)11-7-6-10(2)8-13(11)19-15/h10H,3-8H2,1-2H3,(H,17,18). The van der Waals surface area contributed by atoms with E-state index in [0.717, 1.165) is 37.1 Å². The summed E-state index contributed by atoms with van der Waals surface area (Å²) in [5.74, 6) is 0.714. The van der Waals surface area contributed by atoms with Crippen LogP contribution in [0.1, 0.15) is 55.5 Å². The van der Waals surface area contributed by atoms with Crippen molar-refractivity contribution in [2.45, 2.75) is 52.4 Å². The first-order valence-corrected chi connectivity index (χ1v) is 7.81. The van der Waals surface area contributed by atoms with Crippen LogP contribution in [0.3, 0.4) is 0 Å². The highest BCUT2D eigenvalue weighted by molar-refractivity contribution is 7.16. The lowest BCUT2D eigenvalue weighted by molar-refractivity contribution is -0.116. The van der Waals surface area contributed by atoms with Crippen molar-refractivity contribution in [1.29, 1.82) is 5.26 Å². The molecule has 1 aliphatic rings. The Balaban J connectivity index is 2.17. The van der Waals surface area contributed by atoms with Crippen LogP contribution in [-0.2, 0) is 17.6 Å². The Morgan fingerprint density at radius 3 is 3.05 bits per heavy atom. The molecule has 19 heavy (non-hydrogen) atoms. The van der Waals surface area contributed by atoms with Gasteiger partial charge in [-0.2, -0.15) is 5.26 Å². The minimum absolute atomic E-state index is 0.0324. The molecule has 1 aromatic rings. The van der Waals surface area contributed by atoms with E-state index < -0.39 is 0 Å². The molecule has 1 amide bonds. The first-order chi connectivity index (χ1) is 9.15. The number of thiophene rings is 1. The summed E-state index contributed by atoms with van der Waals surface area (Å²) < 4.78 is 0. The van der Waals surface area contributed by atoms with Gasteiger partial charge in [0, 0.05) is 11.3 Å². The second kappa shape index (κ2) is 6.21. The average molecular weight is 276 g/mol. The third kappa shape index (κ3) is 3.16. The molecule has 1 aromatic heterocycles. The van der Waals surface area contributed by atoms with Crippen molar-refractivity contribution >= 4 is 22.2 Å². The smallest absolute Gasteiger partial charge is 0.225 e. The molecule has 1 heterocycles. The predicted octanol–water partition coefficient (Wildman–Crippen LogP) is 3.87. The average Bonchev–Trinajstić information content (AvgIpc) is 2.72.